The fraction of sp³-hybridized carbons (Fsp3) is 0.294. The Morgan fingerprint density at radius 1 is 0.947 bits per heavy atom. The second-order valence-electron chi connectivity index (χ2n) is 5.06. The zero-order chi connectivity index (χ0) is 13.8. The smallest absolute Gasteiger partial charge is 0.130 e. The van der Waals surface area contributed by atoms with Gasteiger partial charge in [-0.3, -0.25) is 0 Å². The summed E-state index contributed by atoms with van der Waals surface area (Å²) < 4.78 is 5.97. The number of aryl methyl sites for hydroxylation is 3. The zero-order valence-electron chi connectivity index (χ0n) is 11.9. The van der Waals surface area contributed by atoms with E-state index in [0.717, 1.165) is 23.5 Å². The van der Waals surface area contributed by atoms with E-state index in [1.54, 1.807) is 0 Å². The topological polar surface area (TPSA) is 35.2 Å². The highest BCUT2D eigenvalue weighted by molar-refractivity contribution is 5.41. The van der Waals surface area contributed by atoms with Crippen LogP contribution in [0.2, 0.25) is 0 Å². The van der Waals surface area contributed by atoms with Crippen molar-refractivity contribution in [2.45, 2.75) is 27.2 Å². The van der Waals surface area contributed by atoms with Gasteiger partial charge in [0.25, 0.3) is 0 Å². The van der Waals surface area contributed by atoms with E-state index in [1.807, 2.05) is 6.07 Å². The second-order valence-corrected chi connectivity index (χ2v) is 5.06. The van der Waals surface area contributed by atoms with Crippen LogP contribution in [0.5, 0.6) is 11.5 Å². The molecule has 2 N–H and O–H groups in total. The van der Waals surface area contributed by atoms with E-state index in [4.69, 9.17) is 10.5 Å². The molecule has 0 bridgehead atoms. The zero-order valence-corrected chi connectivity index (χ0v) is 11.9. The second kappa shape index (κ2) is 5.89. The molecule has 0 aliphatic carbocycles. The van der Waals surface area contributed by atoms with Gasteiger partial charge >= 0.3 is 0 Å². The van der Waals surface area contributed by atoms with Crippen molar-refractivity contribution in [3.63, 3.8) is 0 Å². The first-order chi connectivity index (χ1) is 9.08. The molecule has 0 saturated carbocycles. The molecule has 19 heavy (non-hydrogen) atoms. The molecule has 0 saturated heterocycles. The van der Waals surface area contributed by atoms with Crippen LogP contribution in [0.15, 0.2) is 36.4 Å². The molecule has 0 radical (unpaired) electrons. The van der Waals surface area contributed by atoms with Crippen LogP contribution < -0.4 is 10.5 Å². The van der Waals surface area contributed by atoms with E-state index in [1.165, 1.54) is 16.7 Å². The number of nitrogens with two attached hydrogens (primary N) is 1. The quantitative estimate of drug-likeness (QED) is 0.899. The fourth-order valence-electron chi connectivity index (χ4n) is 2.27. The van der Waals surface area contributed by atoms with Gasteiger partial charge in [-0.05, 0) is 74.2 Å². The maximum Gasteiger partial charge on any atom is 0.130 e. The Labute approximate surface area is 115 Å². The van der Waals surface area contributed by atoms with Gasteiger partial charge < -0.3 is 10.5 Å². The molecule has 2 rings (SSSR count). The van der Waals surface area contributed by atoms with Crippen LogP contribution in [-0.4, -0.2) is 6.54 Å². The van der Waals surface area contributed by atoms with Gasteiger partial charge in [0.2, 0.25) is 0 Å². The molecule has 0 spiro atoms. The summed E-state index contributed by atoms with van der Waals surface area (Å²) in [6.45, 7) is 6.91. The molecular weight excluding hydrogens is 234 g/mol. The lowest BCUT2D eigenvalue weighted by Gasteiger charge is -2.11. The van der Waals surface area contributed by atoms with E-state index in [-0.39, 0.29) is 0 Å². The lowest BCUT2D eigenvalue weighted by atomic mass is 10.1. The average molecular weight is 255 g/mol. The molecule has 0 unspecified atom stereocenters. The van der Waals surface area contributed by atoms with Crippen LogP contribution in [0.4, 0.5) is 0 Å². The first-order valence-electron chi connectivity index (χ1n) is 6.64. The van der Waals surface area contributed by atoms with Gasteiger partial charge in [-0.1, -0.05) is 18.2 Å². The van der Waals surface area contributed by atoms with Crippen molar-refractivity contribution in [3.05, 3.63) is 58.7 Å². The molecule has 0 aromatic heterocycles. The predicted octanol–water partition coefficient (Wildman–Crippen LogP) is 3.91. The SMILES string of the molecule is Cc1cc(C)cc(Oc2ccc(CCN)cc2C)c1. The van der Waals surface area contributed by atoms with Gasteiger partial charge in [0.1, 0.15) is 11.5 Å². The summed E-state index contributed by atoms with van der Waals surface area (Å²) in [7, 11) is 0. The summed E-state index contributed by atoms with van der Waals surface area (Å²) in [4.78, 5) is 0. The van der Waals surface area contributed by atoms with Crippen LogP contribution in [0.25, 0.3) is 0 Å². The highest BCUT2D eigenvalue weighted by atomic mass is 16.5. The highest BCUT2D eigenvalue weighted by Crippen LogP contribution is 2.27. The number of benzene rings is 2. The van der Waals surface area contributed by atoms with Crippen molar-refractivity contribution in [2.24, 2.45) is 5.73 Å². The molecular formula is C17H21NO. The Hall–Kier alpha value is -1.80. The summed E-state index contributed by atoms with van der Waals surface area (Å²) in [5, 5.41) is 0. The Morgan fingerprint density at radius 3 is 2.21 bits per heavy atom. The van der Waals surface area contributed by atoms with Crippen LogP contribution >= 0.6 is 0 Å². The van der Waals surface area contributed by atoms with E-state index in [0.29, 0.717) is 6.54 Å². The number of ether oxygens (including phenoxy) is 1. The van der Waals surface area contributed by atoms with Crippen LogP contribution in [0, 0.1) is 20.8 Å². The molecule has 0 aliphatic heterocycles. The molecule has 0 amide bonds. The molecule has 0 heterocycles. The average Bonchev–Trinajstić information content (AvgIpc) is 2.32. The van der Waals surface area contributed by atoms with Gasteiger partial charge in [0.05, 0.1) is 0 Å². The predicted molar refractivity (Wildman–Crippen MR) is 79.9 cm³/mol. The van der Waals surface area contributed by atoms with Gasteiger partial charge in [0.15, 0.2) is 0 Å². The summed E-state index contributed by atoms with van der Waals surface area (Å²) in [6.07, 6.45) is 0.907. The van der Waals surface area contributed by atoms with Gasteiger partial charge in [-0.2, -0.15) is 0 Å². The Kier molecular flexibility index (Phi) is 4.23. The Morgan fingerprint density at radius 2 is 1.63 bits per heavy atom. The maximum atomic E-state index is 5.97. The lowest BCUT2D eigenvalue weighted by Crippen LogP contribution is -2.02. The summed E-state index contributed by atoms with van der Waals surface area (Å²) in [5.74, 6) is 1.80. The molecule has 2 aromatic carbocycles. The molecule has 100 valence electrons. The third-order valence-corrected chi connectivity index (χ3v) is 3.10. The van der Waals surface area contributed by atoms with Crippen molar-refractivity contribution in [3.8, 4) is 11.5 Å². The summed E-state index contributed by atoms with van der Waals surface area (Å²) in [6, 6.07) is 12.5. The van der Waals surface area contributed by atoms with Gasteiger partial charge in [-0.25, -0.2) is 0 Å². The minimum Gasteiger partial charge on any atom is -0.457 e. The van der Waals surface area contributed by atoms with E-state index in [2.05, 4.69) is 51.1 Å². The van der Waals surface area contributed by atoms with Crippen molar-refractivity contribution >= 4 is 0 Å². The van der Waals surface area contributed by atoms with Crippen molar-refractivity contribution in [2.75, 3.05) is 6.54 Å². The van der Waals surface area contributed by atoms with Crippen molar-refractivity contribution < 1.29 is 4.74 Å². The summed E-state index contributed by atoms with van der Waals surface area (Å²) in [5.41, 5.74) is 10.4. The lowest BCUT2D eigenvalue weighted by molar-refractivity contribution is 0.478. The standard InChI is InChI=1S/C17H21NO/c1-12-8-13(2)10-16(9-12)19-17-5-4-15(6-7-18)11-14(17)3/h4-5,8-11H,6-7,18H2,1-3H3. The van der Waals surface area contributed by atoms with Gasteiger partial charge in [0, 0.05) is 0 Å². The number of hydrogen-bond donors (Lipinski definition) is 1. The van der Waals surface area contributed by atoms with Crippen molar-refractivity contribution in [1.29, 1.82) is 0 Å². The molecule has 0 fully saturated rings. The Bertz CT molecular complexity index is 555. The van der Waals surface area contributed by atoms with Crippen molar-refractivity contribution in [1.82, 2.24) is 0 Å². The molecule has 0 atom stereocenters. The van der Waals surface area contributed by atoms with Crippen LogP contribution in [-0.2, 0) is 6.42 Å². The minimum atomic E-state index is 0.677. The highest BCUT2D eigenvalue weighted by Gasteiger charge is 2.04. The first kappa shape index (κ1) is 13.6. The summed E-state index contributed by atoms with van der Waals surface area (Å²) >= 11 is 0. The molecule has 2 nitrogen and oxygen atoms in total. The van der Waals surface area contributed by atoms with Crippen LogP contribution in [0.3, 0.4) is 0 Å². The number of rotatable bonds is 4. The fourth-order valence-corrected chi connectivity index (χ4v) is 2.27. The first-order valence-corrected chi connectivity index (χ1v) is 6.64. The minimum absolute atomic E-state index is 0.677. The molecule has 2 heteroatoms. The molecule has 0 aliphatic rings. The van der Waals surface area contributed by atoms with E-state index in [9.17, 15) is 0 Å². The monoisotopic (exact) mass is 255 g/mol. The van der Waals surface area contributed by atoms with E-state index >= 15 is 0 Å². The third kappa shape index (κ3) is 3.58. The van der Waals surface area contributed by atoms with Gasteiger partial charge in [-0.15, -0.1) is 0 Å². The Balaban J connectivity index is 2.23. The van der Waals surface area contributed by atoms with Crippen LogP contribution in [0.1, 0.15) is 22.3 Å². The third-order valence-electron chi connectivity index (χ3n) is 3.10. The molecule has 2 aromatic rings. The van der Waals surface area contributed by atoms with E-state index < -0.39 is 0 Å². The largest absolute Gasteiger partial charge is 0.457 e. The number of hydrogen-bond acceptors (Lipinski definition) is 2. The maximum absolute atomic E-state index is 5.97. The normalized spacial score (nSPS) is 10.5.